The van der Waals surface area contributed by atoms with Gasteiger partial charge in [0.25, 0.3) is 11.8 Å². The number of benzene rings is 5. The van der Waals surface area contributed by atoms with Crippen molar-refractivity contribution in [1.29, 1.82) is 0 Å². The SMILES string of the molecule is CNC(=O)c1ccc(-c2c(C(=O)O)[nH]c3c(C(C)C)cccc23)cc1.Cc1c(Oc2ccccc2)ccc2c(-c3ccc(C(=O)N(C)C)cc3)c(C(=O)O)[nH]c12. The Balaban J connectivity index is 0.000000194. The standard InChI is InChI=1S/C25H22N2O4.C20H20N2O3/c1-15-20(31-18-7-5-4-6-8-18)14-13-19-21(23(25(29)30)26-22(15)19)16-9-11-17(12-10-16)24(28)27(2)3;1-11(2)14-5-4-6-15-16(18(20(24)25)22-17(14)15)12-7-9-13(10-8-12)19(23)21-3/h4-14,26H,1-3H3,(H,29,30);4-11,22H,1-3H3,(H,21,23)(H,24,25). The molecule has 0 aliphatic carbocycles. The summed E-state index contributed by atoms with van der Waals surface area (Å²) in [5.41, 5.74) is 7.49. The van der Waals surface area contributed by atoms with Gasteiger partial charge in [-0.1, -0.05) is 74.5 Å². The maximum atomic E-state index is 12.2. The molecule has 0 saturated heterocycles. The second-order valence-corrected chi connectivity index (χ2v) is 13.7. The van der Waals surface area contributed by atoms with Crippen molar-refractivity contribution in [2.24, 2.45) is 0 Å². The van der Waals surface area contributed by atoms with E-state index in [1.54, 1.807) is 69.7 Å². The van der Waals surface area contributed by atoms with Gasteiger partial charge in [-0.25, -0.2) is 9.59 Å². The van der Waals surface area contributed by atoms with E-state index in [-0.39, 0.29) is 29.1 Å². The van der Waals surface area contributed by atoms with E-state index >= 15 is 0 Å². The molecule has 2 heterocycles. The third kappa shape index (κ3) is 7.60. The Morgan fingerprint density at radius 1 is 0.661 bits per heavy atom. The van der Waals surface area contributed by atoms with Crippen LogP contribution in [0.2, 0.25) is 0 Å². The summed E-state index contributed by atoms with van der Waals surface area (Å²) in [6, 6.07) is 32.9. The van der Waals surface area contributed by atoms with Crippen molar-refractivity contribution in [3.63, 3.8) is 0 Å². The van der Waals surface area contributed by atoms with Crippen molar-refractivity contribution in [3.05, 3.63) is 143 Å². The van der Waals surface area contributed by atoms with Gasteiger partial charge in [-0.3, -0.25) is 9.59 Å². The second-order valence-electron chi connectivity index (χ2n) is 13.7. The lowest BCUT2D eigenvalue weighted by Gasteiger charge is -2.11. The van der Waals surface area contributed by atoms with E-state index in [4.69, 9.17) is 4.74 Å². The number of aromatic amines is 2. The Labute approximate surface area is 323 Å². The number of rotatable bonds is 9. The van der Waals surface area contributed by atoms with Crippen molar-refractivity contribution < 1.29 is 34.1 Å². The predicted molar refractivity (Wildman–Crippen MR) is 218 cm³/mol. The minimum Gasteiger partial charge on any atom is -0.477 e. The van der Waals surface area contributed by atoms with Crippen LogP contribution < -0.4 is 10.1 Å². The maximum Gasteiger partial charge on any atom is 0.352 e. The number of carboxylic acid groups (broad SMARTS) is 2. The zero-order valence-corrected chi connectivity index (χ0v) is 31.9. The minimum atomic E-state index is -1.05. The number of H-pyrrole nitrogens is 2. The van der Waals surface area contributed by atoms with Gasteiger partial charge in [0.15, 0.2) is 0 Å². The molecule has 0 radical (unpaired) electrons. The lowest BCUT2D eigenvalue weighted by molar-refractivity contribution is 0.0681. The number of ether oxygens (including phenoxy) is 1. The van der Waals surface area contributed by atoms with Gasteiger partial charge >= 0.3 is 11.9 Å². The largest absolute Gasteiger partial charge is 0.477 e. The molecule has 5 aromatic carbocycles. The van der Waals surface area contributed by atoms with E-state index in [9.17, 15) is 29.4 Å². The van der Waals surface area contributed by atoms with E-state index in [1.807, 2.05) is 67.6 Å². The molecule has 0 atom stereocenters. The quantitative estimate of drug-likeness (QED) is 0.0981. The van der Waals surface area contributed by atoms with Crippen LogP contribution in [0.15, 0.2) is 109 Å². The molecule has 2 aromatic heterocycles. The first kappa shape index (κ1) is 38.6. The van der Waals surface area contributed by atoms with Crippen LogP contribution in [0.1, 0.15) is 72.6 Å². The smallest absolute Gasteiger partial charge is 0.352 e. The second kappa shape index (κ2) is 16.1. The summed E-state index contributed by atoms with van der Waals surface area (Å²) < 4.78 is 5.99. The third-order valence-corrected chi connectivity index (χ3v) is 9.56. The first-order valence-electron chi connectivity index (χ1n) is 17.9. The maximum absolute atomic E-state index is 12.2. The number of aryl methyl sites for hydroxylation is 1. The summed E-state index contributed by atoms with van der Waals surface area (Å²) in [5.74, 6) is -0.714. The van der Waals surface area contributed by atoms with Gasteiger partial charge < -0.3 is 35.1 Å². The molecule has 0 fully saturated rings. The van der Waals surface area contributed by atoms with Gasteiger partial charge in [0.05, 0.1) is 11.0 Å². The summed E-state index contributed by atoms with van der Waals surface area (Å²) in [6.45, 7) is 6.05. The van der Waals surface area contributed by atoms with Crippen LogP contribution in [0.5, 0.6) is 11.5 Å². The average molecular weight is 751 g/mol. The molecule has 0 spiro atoms. The van der Waals surface area contributed by atoms with Crippen molar-refractivity contribution in [3.8, 4) is 33.8 Å². The van der Waals surface area contributed by atoms with Crippen molar-refractivity contribution in [2.45, 2.75) is 26.7 Å². The topological polar surface area (TPSA) is 165 Å². The average Bonchev–Trinajstić information content (AvgIpc) is 3.80. The number of hydrogen-bond acceptors (Lipinski definition) is 5. The van der Waals surface area contributed by atoms with E-state index in [2.05, 4.69) is 29.1 Å². The first-order valence-corrected chi connectivity index (χ1v) is 17.9. The van der Waals surface area contributed by atoms with Gasteiger partial charge in [0.2, 0.25) is 0 Å². The number of carbonyl (C=O) groups excluding carboxylic acids is 2. The Morgan fingerprint density at radius 2 is 1.20 bits per heavy atom. The zero-order chi connectivity index (χ0) is 40.3. The number of aromatic nitrogens is 2. The molecule has 0 aliphatic heterocycles. The van der Waals surface area contributed by atoms with Gasteiger partial charge in [-0.05, 0) is 78.1 Å². The molecule has 284 valence electrons. The molecule has 11 heteroatoms. The fourth-order valence-electron chi connectivity index (χ4n) is 6.72. The highest BCUT2D eigenvalue weighted by molar-refractivity contribution is 6.10. The van der Waals surface area contributed by atoms with Crippen molar-refractivity contribution >= 4 is 45.6 Å². The Bertz CT molecular complexity index is 2580. The summed E-state index contributed by atoms with van der Waals surface area (Å²) in [5, 5.41) is 23.7. The van der Waals surface area contributed by atoms with Crippen LogP contribution in [0, 0.1) is 6.92 Å². The van der Waals surface area contributed by atoms with Crippen LogP contribution in [0.3, 0.4) is 0 Å². The van der Waals surface area contributed by atoms with E-state index in [0.29, 0.717) is 39.3 Å². The molecule has 7 aromatic rings. The Morgan fingerprint density at radius 3 is 1.71 bits per heavy atom. The number of hydrogen-bond donors (Lipinski definition) is 5. The Hall–Kier alpha value is -7.14. The van der Waals surface area contributed by atoms with Crippen LogP contribution >= 0.6 is 0 Å². The molecule has 0 aliphatic rings. The molecular formula is C45H42N4O7. The first-order chi connectivity index (χ1) is 26.8. The molecule has 0 unspecified atom stereocenters. The monoisotopic (exact) mass is 750 g/mol. The van der Waals surface area contributed by atoms with Gasteiger partial charge in [-0.2, -0.15) is 0 Å². The number of amides is 2. The van der Waals surface area contributed by atoms with Gasteiger partial charge in [-0.15, -0.1) is 0 Å². The highest BCUT2D eigenvalue weighted by Gasteiger charge is 2.23. The summed E-state index contributed by atoms with van der Waals surface area (Å²) in [4.78, 5) is 55.3. The number of nitrogens with zero attached hydrogens (tertiary/aromatic N) is 1. The highest BCUT2D eigenvalue weighted by atomic mass is 16.5. The number of aromatic carboxylic acids is 2. The van der Waals surface area contributed by atoms with E-state index in [1.165, 1.54) is 4.90 Å². The van der Waals surface area contributed by atoms with E-state index in [0.717, 1.165) is 38.5 Å². The zero-order valence-electron chi connectivity index (χ0n) is 31.9. The van der Waals surface area contributed by atoms with Crippen LogP contribution in [0.4, 0.5) is 0 Å². The van der Waals surface area contributed by atoms with Gasteiger partial charge in [0, 0.05) is 59.7 Å². The highest BCUT2D eigenvalue weighted by Crippen LogP contribution is 2.39. The fourth-order valence-corrected chi connectivity index (χ4v) is 6.72. The van der Waals surface area contributed by atoms with Crippen LogP contribution in [-0.4, -0.2) is 70.0 Å². The minimum absolute atomic E-state index is 0.0987. The Kier molecular flexibility index (Phi) is 11.1. The van der Waals surface area contributed by atoms with E-state index < -0.39 is 11.9 Å². The third-order valence-electron chi connectivity index (χ3n) is 9.56. The number of fused-ring (bicyclic) bond motifs is 2. The molecule has 0 saturated carbocycles. The van der Waals surface area contributed by atoms with Crippen molar-refractivity contribution in [1.82, 2.24) is 20.2 Å². The molecular weight excluding hydrogens is 709 g/mol. The predicted octanol–water partition coefficient (Wildman–Crippen LogP) is 9.35. The molecule has 7 rings (SSSR count). The summed E-state index contributed by atoms with van der Waals surface area (Å²) in [7, 11) is 4.96. The fraction of sp³-hybridized carbons (Fsp3) is 0.156. The lowest BCUT2D eigenvalue weighted by Crippen LogP contribution is -2.21. The lowest BCUT2D eigenvalue weighted by atomic mass is 9.96. The summed E-state index contributed by atoms with van der Waals surface area (Å²) in [6.07, 6.45) is 0. The number of para-hydroxylation sites is 2. The molecule has 2 amide bonds. The molecule has 0 bridgehead atoms. The van der Waals surface area contributed by atoms with Crippen molar-refractivity contribution in [2.75, 3.05) is 21.1 Å². The number of carboxylic acids is 2. The normalized spacial score (nSPS) is 10.9. The molecule has 56 heavy (non-hydrogen) atoms. The number of carbonyl (C=O) groups is 4. The van der Waals surface area contributed by atoms with Crippen LogP contribution in [0.25, 0.3) is 44.1 Å². The van der Waals surface area contributed by atoms with Crippen LogP contribution in [-0.2, 0) is 0 Å². The summed E-state index contributed by atoms with van der Waals surface area (Å²) >= 11 is 0. The van der Waals surface area contributed by atoms with Gasteiger partial charge in [0.1, 0.15) is 22.9 Å². The molecule has 5 N–H and O–H groups in total. The number of nitrogens with one attached hydrogen (secondary N) is 3. The molecule has 11 nitrogen and oxygen atoms in total.